The summed E-state index contributed by atoms with van der Waals surface area (Å²) in [6.45, 7) is 4.37. The molecule has 110 valence electrons. The van der Waals surface area contributed by atoms with Crippen LogP contribution in [0, 0.1) is 5.82 Å². The van der Waals surface area contributed by atoms with Crippen molar-refractivity contribution in [3.8, 4) is 0 Å². The van der Waals surface area contributed by atoms with E-state index in [2.05, 4.69) is 5.32 Å². The van der Waals surface area contributed by atoms with Crippen LogP contribution in [0.15, 0.2) is 24.3 Å². The van der Waals surface area contributed by atoms with Gasteiger partial charge in [0.05, 0.1) is 0 Å². The van der Waals surface area contributed by atoms with Gasteiger partial charge in [-0.2, -0.15) is 11.8 Å². The molecular weight excluding hydrogens is 277 g/mol. The maximum atomic E-state index is 12.9. The van der Waals surface area contributed by atoms with Gasteiger partial charge in [0.15, 0.2) is 5.60 Å². The molecule has 0 bridgehead atoms. The van der Waals surface area contributed by atoms with E-state index in [1.165, 1.54) is 12.1 Å². The van der Waals surface area contributed by atoms with Crippen LogP contribution in [0.25, 0.3) is 0 Å². The van der Waals surface area contributed by atoms with E-state index in [1.807, 2.05) is 13.8 Å². The van der Waals surface area contributed by atoms with Gasteiger partial charge in [-0.1, -0.05) is 26.0 Å². The first-order valence-corrected chi connectivity index (χ1v) is 7.83. The largest absolute Gasteiger partial charge is 0.379 e. The summed E-state index contributed by atoms with van der Waals surface area (Å²) in [5.74, 6) is 0.685. The highest BCUT2D eigenvalue weighted by Gasteiger charge is 2.39. The van der Waals surface area contributed by atoms with Crippen molar-refractivity contribution in [3.05, 3.63) is 35.6 Å². The molecule has 1 atom stereocenters. The second kappa shape index (κ2) is 5.74. The molecule has 5 heteroatoms. The number of rotatable bonds is 4. The molecule has 1 aromatic rings. The average Bonchev–Trinajstić information content (AvgIpc) is 2.85. The van der Waals surface area contributed by atoms with Crippen LogP contribution in [-0.2, 0) is 10.2 Å². The lowest BCUT2D eigenvalue weighted by Gasteiger charge is -2.28. The van der Waals surface area contributed by atoms with Crippen molar-refractivity contribution in [1.82, 2.24) is 5.32 Å². The Balaban J connectivity index is 1.98. The zero-order chi connectivity index (χ0) is 14.8. The molecule has 0 radical (unpaired) electrons. The van der Waals surface area contributed by atoms with Crippen molar-refractivity contribution < 1.29 is 14.3 Å². The Labute approximate surface area is 123 Å². The van der Waals surface area contributed by atoms with Gasteiger partial charge in [-0.3, -0.25) is 4.79 Å². The summed E-state index contributed by atoms with van der Waals surface area (Å²) in [7, 11) is 0. The second-order valence-corrected chi connectivity index (χ2v) is 7.01. The molecule has 1 amide bonds. The van der Waals surface area contributed by atoms with Crippen molar-refractivity contribution in [2.45, 2.75) is 31.3 Å². The van der Waals surface area contributed by atoms with E-state index in [0.29, 0.717) is 18.7 Å². The number of benzene rings is 1. The minimum absolute atomic E-state index is 0.272. The van der Waals surface area contributed by atoms with E-state index in [4.69, 9.17) is 0 Å². The summed E-state index contributed by atoms with van der Waals surface area (Å²) in [6, 6.07) is 6.28. The van der Waals surface area contributed by atoms with E-state index in [9.17, 15) is 14.3 Å². The zero-order valence-electron chi connectivity index (χ0n) is 11.8. The minimum Gasteiger partial charge on any atom is -0.379 e. The molecular formula is C15H20FNO2S. The maximum absolute atomic E-state index is 12.9. The molecule has 0 aliphatic carbocycles. The van der Waals surface area contributed by atoms with Crippen LogP contribution in [0.5, 0.6) is 0 Å². The summed E-state index contributed by atoms with van der Waals surface area (Å²) >= 11 is 1.59. The number of carbonyl (C=O) groups excluding carboxylic acids is 1. The SMILES string of the molecule is CC(C)(CNC(=O)C1(O)CCSC1)c1ccc(F)cc1. The molecule has 20 heavy (non-hydrogen) atoms. The number of carbonyl (C=O) groups is 1. The van der Waals surface area contributed by atoms with Crippen molar-refractivity contribution in [2.75, 3.05) is 18.1 Å². The van der Waals surface area contributed by atoms with Gasteiger partial charge in [-0.05, 0) is 29.9 Å². The summed E-state index contributed by atoms with van der Waals surface area (Å²) in [5, 5.41) is 13.0. The van der Waals surface area contributed by atoms with Gasteiger partial charge < -0.3 is 10.4 Å². The van der Waals surface area contributed by atoms with Crippen molar-refractivity contribution in [1.29, 1.82) is 0 Å². The van der Waals surface area contributed by atoms with Crippen molar-refractivity contribution in [3.63, 3.8) is 0 Å². The predicted molar refractivity (Wildman–Crippen MR) is 79.3 cm³/mol. The lowest BCUT2D eigenvalue weighted by molar-refractivity contribution is -0.137. The molecule has 0 saturated carbocycles. The van der Waals surface area contributed by atoms with E-state index in [-0.39, 0.29) is 17.1 Å². The van der Waals surface area contributed by atoms with Gasteiger partial charge >= 0.3 is 0 Å². The Kier molecular flexibility index (Phi) is 4.39. The molecule has 2 rings (SSSR count). The summed E-state index contributed by atoms with van der Waals surface area (Å²) in [4.78, 5) is 12.1. The monoisotopic (exact) mass is 297 g/mol. The van der Waals surface area contributed by atoms with Gasteiger partial charge in [0.1, 0.15) is 5.82 Å². The molecule has 1 saturated heterocycles. The zero-order valence-corrected chi connectivity index (χ0v) is 12.6. The third kappa shape index (κ3) is 3.33. The van der Waals surface area contributed by atoms with Gasteiger partial charge in [-0.25, -0.2) is 4.39 Å². The van der Waals surface area contributed by atoms with E-state index in [1.54, 1.807) is 23.9 Å². The van der Waals surface area contributed by atoms with Crippen LogP contribution >= 0.6 is 11.8 Å². The van der Waals surface area contributed by atoms with Crippen LogP contribution in [0.2, 0.25) is 0 Å². The molecule has 1 unspecified atom stereocenters. The Hall–Kier alpha value is -1.07. The minimum atomic E-state index is -1.23. The first-order chi connectivity index (χ1) is 9.33. The molecule has 0 spiro atoms. The average molecular weight is 297 g/mol. The first-order valence-electron chi connectivity index (χ1n) is 6.68. The lowest BCUT2D eigenvalue weighted by Crippen LogP contribution is -2.49. The van der Waals surface area contributed by atoms with E-state index >= 15 is 0 Å². The maximum Gasteiger partial charge on any atom is 0.252 e. The fourth-order valence-electron chi connectivity index (χ4n) is 2.20. The molecule has 2 N–H and O–H groups in total. The first kappa shape index (κ1) is 15.3. The number of hydrogen-bond donors (Lipinski definition) is 2. The number of aliphatic hydroxyl groups is 1. The van der Waals surface area contributed by atoms with Crippen LogP contribution in [-0.4, -0.2) is 34.7 Å². The quantitative estimate of drug-likeness (QED) is 0.894. The molecule has 0 aromatic heterocycles. The normalized spacial score (nSPS) is 22.8. The number of thioether (sulfide) groups is 1. The van der Waals surface area contributed by atoms with Crippen molar-refractivity contribution in [2.24, 2.45) is 0 Å². The van der Waals surface area contributed by atoms with Crippen molar-refractivity contribution >= 4 is 17.7 Å². The molecule has 1 heterocycles. The van der Waals surface area contributed by atoms with Crippen LogP contribution in [0.3, 0.4) is 0 Å². The number of amides is 1. The number of nitrogens with one attached hydrogen (secondary N) is 1. The lowest BCUT2D eigenvalue weighted by atomic mass is 9.84. The van der Waals surface area contributed by atoms with E-state index in [0.717, 1.165) is 11.3 Å². The van der Waals surface area contributed by atoms with Gasteiger partial charge in [0.25, 0.3) is 5.91 Å². The Morgan fingerprint density at radius 2 is 2.10 bits per heavy atom. The second-order valence-electron chi connectivity index (χ2n) is 5.91. The summed E-state index contributed by atoms with van der Waals surface area (Å²) in [5.41, 5.74) is -0.596. The standard InChI is InChI=1S/C15H20FNO2S/c1-14(2,11-3-5-12(16)6-4-11)9-17-13(18)15(19)7-8-20-10-15/h3-6,19H,7-10H2,1-2H3,(H,17,18). The molecule has 1 aliphatic heterocycles. The van der Waals surface area contributed by atoms with Crippen LogP contribution in [0.1, 0.15) is 25.8 Å². The summed E-state index contributed by atoms with van der Waals surface area (Å²) < 4.78 is 12.9. The third-order valence-corrected chi connectivity index (χ3v) is 4.91. The van der Waals surface area contributed by atoms with Gasteiger partial charge in [0.2, 0.25) is 0 Å². The molecule has 1 fully saturated rings. The molecule has 3 nitrogen and oxygen atoms in total. The third-order valence-electron chi connectivity index (χ3n) is 3.74. The Morgan fingerprint density at radius 1 is 1.45 bits per heavy atom. The Morgan fingerprint density at radius 3 is 2.65 bits per heavy atom. The fraction of sp³-hybridized carbons (Fsp3) is 0.533. The smallest absolute Gasteiger partial charge is 0.252 e. The highest BCUT2D eigenvalue weighted by atomic mass is 32.2. The van der Waals surface area contributed by atoms with Crippen LogP contribution < -0.4 is 5.32 Å². The van der Waals surface area contributed by atoms with E-state index < -0.39 is 5.60 Å². The van der Waals surface area contributed by atoms with Gasteiger partial charge in [-0.15, -0.1) is 0 Å². The molecule has 1 aliphatic rings. The van der Waals surface area contributed by atoms with Gasteiger partial charge in [0, 0.05) is 17.7 Å². The summed E-state index contributed by atoms with van der Waals surface area (Å²) in [6.07, 6.45) is 0.500. The number of hydrogen-bond acceptors (Lipinski definition) is 3. The fourth-order valence-corrected chi connectivity index (χ4v) is 3.44. The highest BCUT2D eigenvalue weighted by Crippen LogP contribution is 2.28. The Bertz CT molecular complexity index is 481. The van der Waals surface area contributed by atoms with Crippen LogP contribution in [0.4, 0.5) is 4.39 Å². The topological polar surface area (TPSA) is 49.3 Å². The predicted octanol–water partition coefficient (Wildman–Crippen LogP) is 2.09. The number of halogens is 1. The highest BCUT2D eigenvalue weighted by molar-refractivity contribution is 7.99. The molecule has 1 aromatic carbocycles.